The van der Waals surface area contributed by atoms with Crippen molar-refractivity contribution >= 4 is 7.60 Å². The summed E-state index contributed by atoms with van der Waals surface area (Å²) in [5, 5.41) is 0. The van der Waals surface area contributed by atoms with Crippen LogP contribution in [0.3, 0.4) is 0 Å². The fourth-order valence-electron chi connectivity index (χ4n) is 3.49. The van der Waals surface area contributed by atoms with E-state index < -0.39 is 7.60 Å². The lowest BCUT2D eigenvalue weighted by Gasteiger charge is -2.35. The van der Waals surface area contributed by atoms with Gasteiger partial charge in [-0.1, -0.05) is 70.9 Å². The maximum atomic E-state index is 12.4. The van der Waals surface area contributed by atoms with E-state index in [1.165, 1.54) is 64.2 Å². The van der Waals surface area contributed by atoms with Crippen LogP contribution in [0, 0.1) is 0 Å². The zero-order chi connectivity index (χ0) is 20.6. The maximum absolute atomic E-state index is 12.4. The first-order valence-corrected chi connectivity index (χ1v) is 12.8. The summed E-state index contributed by atoms with van der Waals surface area (Å²) in [5.41, 5.74) is 0. The van der Waals surface area contributed by atoms with Crippen LogP contribution in [0.4, 0.5) is 0 Å². The van der Waals surface area contributed by atoms with E-state index >= 15 is 0 Å². The number of hydrogen-bond donors (Lipinski definition) is 1. The van der Waals surface area contributed by atoms with Crippen LogP contribution in [0.2, 0.25) is 0 Å². The molecule has 5 heteroatoms. The van der Waals surface area contributed by atoms with Gasteiger partial charge in [-0.3, -0.25) is 4.57 Å². The minimum Gasteiger partial charge on any atom is -0.320 e. The van der Waals surface area contributed by atoms with Crippen LogP contribution in [0.25, 0.3) is 0 Å². The Hall–Kier alpha value is -0.150. The number of allylic oxidation sites excluding steroid dienone is 2. The number of unbranched alkanes of at least 4 members (excludes halogenated alkanes) is 10. The molecule has 4 nitrogen and oxygen atoms in total. The molecular weight excluding hydrogens is 357 g/mol. The quantitative estimate of drug-likeness (QED) is 0.117. The van der Waals surface area contributed by atoms with Crippen molar-refractivity contribution in [3.8, 4) is 0 Å². The van der Waals surface area contributed by atoms with Crippen LogP contribution in [0.15, 0.2) is 12.2 Å². The van der Waals surface area contributed by atoms with E-state index in [4.69, 9.17) is 4.52 Å². The molecule has 0 amide bonds. The minimum absolute atomic E-state index is 0.351. The molecule has 27 heavy (non-hydrogen) atoms. The Morgan fingerprint density at radius 2 is 1.33 bits per heavy atom. The molecule has 2 unspecified atom stereocenters. The summed E-state index contributed by atoms with van der Waals surface area (Å²) in [4.78, 5) is 10.2. The van der Waals surface area contributed by atoms with Crippen LogP contribution >= 0.6 is 7.60 Å². The fraction of sp³-hybridized carbons (Fsp3) is 0.909. The molecule has 0 fully saturated rings. The average molecular weight is 405 g/mol. The van der Waals surface area contributed by atoms with Gasteiger partial charge >= 0.3 is 7.60 Å². The van der Waals surface area contributed by atoms with Crippen LogP contribution in [-0.2, 0) is 9.09 Å². The van der Waals surface area contributed by atoms with E-state index in [2.05, 4.69) is 19.1 Å². The molecule has 0 aromatic heterocycles. The van der Waals surface area contributed by atoms with Crippen molar-refractivity contribution in [3.05, 3.63) is 12.2 Å². The van der Waals surface area contributed by atoms with Crippen molar-refractivity contribution in [3.63, 3.8) is 0 Å². The summed E-state index contributed by atoms with van der Waals surface area (Å²) in [6.07, 6.45) is 20.1. The third-order valence-electron chi connectivity index (χ3n) is 5.07. The molecule has 162 valence electrons. The molecule has 0 rings (SSSR count). The summed E-state index contributed by atoms with van der Waals surface area (Å²) >= 11 is 0. The molecule has 0 heterocycles. The molecule has 0 radical (unpaired) electrons. The Balaban J connectivity index is 3.60. The Bertz CT molecular complexity index is 418. The number of nitrogens with zero attached hydrogens (tertiary/aromatic N) is 1. The molecule has 0 aromatic carbocycles. The molecule has 0 saturated heterocycles. The number of rotatable bonds is 18. The van der Waals surface area contributed by atoms with Gasteiger partial charge < -0.3 is 13.9 Å². The highest BCUT2D eigenvalue weighted by Crippen LogP contribution is 2.51. The van der Waals surface area contributed by atoms with E-state index in [1.54, 1.807) is 0 Å². The van der Waals surface area contributed by atoms with Crippen LogP contribution in [0.1, 0.15) is 97.3 Å². The highest BCUT2D eigenvalue weighted by atomic mass is 31.2. The first kappa shape index (κ1) is 26.9. The number of quaternary nitrogens is 1. The first-order chi connectivity index (χ1) is 12.8. The van der Waals surface area contributed by atoms with Gasteiger partial charge in [-0.05, 0) is 32.1 Å². The monoisotopic (exact) mass is 404 g/mol. The van der Waals surface area contributed by atoms with Crippen molar-refractivity contribution < 1.29 is 18.5 Å². The lowest BCUT2D eigenvalue weighted by atomic mass is 10.1. The molecule has 0 spiro atoms. The van der Waals surface area contributed by atoms with Crippen molar-refractivity contribution in [2.45, 2.75) is 103 Å². The zero-order valence-electron chi connectivity index (χ0n) is 18.8. The largest absolute Gasteiger partial charge is 0.385 e. The first-order valence-electron chi connectivity index (χ1n) is 11.2. The second-order valence-corrected chi connectivity index (χ2v) is 10.6. The summed E-state index contributed by atoms with van der Waals surface area (Å²) in [6, 6.07) is 0. The molecule has 0 aliphatic rings. The maximum Gasteiger partial charge on any atom is 0.385 e. The third kappa shape index (κ3) is 14.5. The summed E-state index contributed by atoms with van der Waals surface area (Å²) in [5.74, 6) is -0.351. The molecular formula is C22H47NO3P+. The predicted octanol–water partition coefficient (Wildman–Crippen LogP) is 6.89. The molecule has 0 saturated carbocycles. The van der Waals surface area contributed by atoms with Crippen LogP contribution in [0.5, 0.6) is 0 Å². The second kappa shape index (κ2) is 15.7. The Morgan fingerprint density at radius 1 is 0.852 bits per heavy atom. The summed E-state index contributed by atoms with van der Waals surface area (Å²) in [6.45, 7) is 4.59. The van der Waals surface area contributed by atoms with Crippen LogP contribution in [-0.4, -0.2) is 42.9 Å². The molecule has 0 aliphatic carbocycles. The van der Waals surface area contributed by atoms with Crippen molar-refractivity contribution in [2.24, 2.45) is 0 Å². The van der Waals surface area contributed by atoms with Gasteiger partial charge in [0, 0.05) is 6.42 Å². The van der Waals surface area contributed by atoms with E-state index in [0.29, 0.717) is 17.5 Å². The van der Waals surface area contributed by atoms with Crippen molar-refractivity contribution in [1.82, 2.24) is 0 Å². The van der Waals surface area contributed by atoms with Gasteiger partial charge in [0.05, 0.1) is 27.7 Å². The molecule has 2 atom stereocenters. The molecule has 1 N–H and O–H groups in total. The van der Waals surface area contributed by atoms with Crippen molar-refractivity contribution in [1.29, 1.82) is 0 Å². The van der Waals surface area contributed by atoms with E-state index in [9.17, 15) is 9.46 Å². The van der Waals surface area contributed by atoms with Crippen molar-refractivity contribution in [2.75, 3.05) is 27.7 Å². The zero-order valence-corrected chi connectivity index (χ0v) is 19.7. The normalized spacial score (nSPS) is 15.9. The molecule has 0 aromatic rings. The molecule has 0 bridgehead atoms. The average Bonchev–Trinajstić information content (AvgIpc) is 2.57. The standard InChI is InChI=1S/C22H46NO3P/c1-6-8-9-10-11-12-13-14-15-16-17-18-19-20-21-26-27(24,25)22(7-2)23(3,4)5/h13-14,22H,6-12,15-21H2,1-5H3/p+1. The van der Waals surface area contributed by atoms with Gasteiger partial charge in [-0.2, -0.15) is 0 Å². The van der Waals surface area contributed by atoms with Gasteiger partial charge in [0.2, 0.25) is 0 Å². The van der Waals surface area contributed by atoms with E-state index in [-0.39, 0.29) is 5.78 Å². The number of hydrogen-bond acceptors (Lipinski definition) is 2. The van der Waals surface area contributed by atoms with Gasteiger partial charge in [0.15, 0.2) is 5.78 Å². The minimum atomic E-state index is -3.55. The van der Waals surface area contributed by atoms with Crippen LogP contribution < -0.4 is 0 Å². The van der Waals surface area contributed by atoms with Gasteiger partial charge in [0.1, 0.15) is 0 Å². The molecule has 0 aliphatic heterocycles. The lowest BCUT2D eigenvalue weighted by molar-refractivity contribution is -0.883. The Labute approximate surface area is 169 Å². The smallest absolute Gasteiger partial charge is 0.320 e. The predicted molar refractivity (Wildman–Crippen MR) is 118 cm³/mol. The summed E-state index contributed by atoms with van der Waals surface area (Å²) < 4.78 is 18.3. The highest BCUT2D eigenvalue weighted by molar-refractivity contribution is 7.53. The lowest BCUT2D eigenvalue weighted by Crippen LogP contribution is -2.44. The summed E-state index contributed by atoms with van der Waals surface area (Å²) in [7, 11) is 2.29. The second-order valence-electron chi connectivity index (χ2n) is 8.63. The SMILES string of the molecule is CCCCCCCC=CCCCCCCCOP(=O)(O)C(CC)[N+](C)(C)C. The van der Waals surface area contributed by atoms with Gasteiger partial charge in [-0.15, -0.1) is 0 Å². The third-order valence-corrected chi connectivity index (χ3v) is 7.43. The van der Waals surface area contributed by atoms with Gasteiger partial charge in [-0.25, -0.2) is 0 Å². The Morgan fingerprint density at radius 3 is 1.81 bits per heavy atom. The fourth-order valence-corrected chi connectivity index (χ4v) is 5.39. The van der Waals surface area contributed by atoms with E-state index in [0.717, 1.165) is 12.8 Å². The topological polar surface area (TPSA) is 46.5 Å². The highest BCUT2D eigenvalue weighted by Gasteiger charge is 2.41. The van der Waals surface area contributed by atoms with E-state index in [1.807, 2.05) is 28.1 Å². The Kier molecular flexibility index (Phi) is 15.6. The van der Waals surface area contributed by atoms with Gasteiger partial charge in [0.25, 0.3) is 0 Å².